The maximum Gasteiger partial charge on any atom is 0.274 e. The maximum atomic E-state index is 12.8. The van der Waals surface area contributed by atoms with Crippen LogP contribution in [0.3, 0.4) is 0 Å². The van der Waals surface area contributed by atoms with Gasteiger partial charge in [0, 0.05) is 32.7 Å². The Bertz CT molecular complexity index is 1040. The van der Waals surface area contributed by atoms with E-state index in [-0.39, 0.29) is 5.91 Å². The number of rotatable bonds is 5. The van der Waals surface area contributed by atoms with Crippen molar-refractivity contribution >= 4 is 17.4 Å². The second-order valence-corrected chi connectivity index (χ2v) is 7.12. The highest BCUT2D eigenvalue weighted by atomic mass is 16.2. The Kier molecular flexibility index (Phi) is 5.97. The topological polar surface area (TPSA) is 85.1 Å². The van der Waals surface area contributed by atoms with Gasteiger partial charge >= 0.3 is 0 Å². The van der Waals surface area contributed by atoms with Crippen molar-refractivity contribution in [1.82, 2.24) is 19.8 Å². The zero-order chi connectivity index (χ0) is 20.8. The van der Waals surface area contributed by atoms with Gasteiger partial charge < -0.3 is 10.2 Å². The van der Waals surface area contributed by atoms with E-state index >= 15 is 0 Å². The Hall–Kier alpha value is -3.76. The van der Waals surface area contributed by atoms with E-state index in [1.807, 2.05) is 29.2 Å². The van der Waals surface area contributed by atoms with Gasteiger partial charge in [-0.15, -0.1) is 0 Å². The molecular weight excluding hydrogens is 376 g/mol. The van der Waals surface area contributed by atoms with E-state index in [4.69, 9.17) is 0 Å². The van der Waals surface area contributed by atoms with Crippen molar-refractivity contribution in [3.8, 4) is 6.07 Å². The standard InChI is InChI=1S/C23H22N6O/c24-14-19-8-4-5-9-20(19)27-22-16-25-21(15-26-22)23(30)29-12-10-28(11-13-29)17-18-6-2-1-3-7-18/h1-9,15-16H,10-13,17H2,(H,26,27). The molecule has 0 aliphatic carbocycles. The number of nitrogens with zero attached hydrogens (tertiary/aromatic N) is 5. The van der Waals surface area contributed by atoms with Gasteiger partial charge in [-0.1, -0.05) is 42.5 Å². The molecule has 1 N–H and O–H groups in total. The number of carbonyl (C=O) groups excluding carboxylic acids is 1. The fourth-order valence-corrected chi connectivity index (χ4v) is 3.44. The van der Waals surface area contributed by atoms with Crippen molar-refractivity contribution in [2.75, 3.05) is 31.5 Å². The second-order valence-electron chi connectivity index (χ2n) is 7.12. The molecule has 30 heavy (non-hydrogen) atoms. The molecule has 1 saturated heterocycles. The van der Waals surface area contributed by atoms with Gasteiger partial charge in [0.25, 0.3) is 5.91 Å². The molecule has 1 aliphatic rings. The van der Waals surface area contributed by atoms with Crippen molar-refractivity contribution in [1.29, 1.82) is 5.26 Å². The van der Waals surface area contributed by atoms with Crippen molar-refractivity contribution in [3.63, 3.8) is 0 Å². The molecule has 0 saturated carbocycles. The SMILES string of the molecule is N#Cc1ccccc1Nc1cnc(C(=O)N2CCN(Cc3ccccc3)CC2)cn1. The normalized spacial score (nSPS) is 14.2. The molecule has 4 rings (SSSR count). The summed E-state index contributed by atoms with van der Waals surface area (Å²) in [5.41, 5.74) is 2.78. The average Bonchev–Trinajstić information content (AvgIpc) is 2.81. The third-order valence-electron chi connectivity index (χ3n) is 5.09. The fraction of sp³-hybridized carbons (Fsp3) is 0.217. The highest BCUT2D eigenvalue weighted by Crippen LogP contribution is 2.18. The Morgan fingerprint density at radius 3 is 2.40 bits per heavy atom. The first-order valence-corrected chi connectivity index (χ1v) is 9.87. The molecule has 0 spiro atoms. The van der Waals surface area contributed by atoms with Crippen molar-refractivity contribution in [3.05, 3.63) is 83.8 Å². The summed E-state index contributed by atoms with van der Waals surface area (Å²) in [7, 11) is 0. The molecule has 150 valence electrons. The molecule has 0 radical (unpaired) electrons. The number of amides is 1. The van der Waals surface area contributed by atoms with Gasteiger partial charge in [0.05, 0.1) is 23.6 Å². The van der Waals surface area contributed by atoms with E-state index in [1.54, 1.807) is 18.2 Å². The Balaban J connectivity index is 1.33. The first-order valence-electron chi connectivity index (χ1n) is 9.87. The summed E-state index contributed by atoms with van der Waals surface area (Å²) in [6.07, 6.45) is 3.00. The number of hydrogen-bond donors (Lipinski definition) is 1. The predicted molar refractivity (Wildman–Crippen MR) is 114 cm³/mol. The van der Waals surface area contributed by atoms with E-state index in [0.717, 1.165) is 19.6 Å². The molecule has 1 fully saturated rings. The molecule has 0 unspecified atom stereocenters. The molecule has 1 aromatic heterocycles. The number of para-hydroxylation sites is 1. The van der Waals surface area contributed by atoms with Crippen molar-refractivity contribution < 1.29 is 4.79 Å². The Morgan fingerprint density at radius 1 is 0.967 bits per heavy atom. The Morgan fingerprint density at radius 2 is 1.70 bits per heavy atom. The van der Waals surface area contributed by atoms with Crippen LogP contribution < -0.4 is 5.32 Å². The van der Waals surface area contributed by atoms with E-state index in [0.29, 0.717) is 35.9 Å². The number of carbonyl (C=O) groups is 1. The fourth-order valence-electron chi connectivity index (χ4n) is 3.44. The van der Waals surface area contributed by atoms with Crippen molar-refractivity contribution in [2.24, 2.45) is 0 Å². The quantitative estimate of drug-likeness (QED) is 0.711. The largest absolute Gasteiger partial charge is 0.338 e. The summed E-state index contributed by atoms with van der Waals surface area (Å²) in [6.45, 7) is 3.90. The molecule has 2 heterocycles. The summed E-state index contributed by atoms with van der Waals surface area (Å²) in [5.74, 6) is 0.382. The van der Waals surface area contributed by atoms with Crippen LogP contribution in [0.5, 0.6) is 0 Å². The molecule has 7 nitrogen and oxygen atoms in total. The third-order valence-corrected chi connectivity index (χ3v) is 5.09. The highest BCUT2D eigenvalue weighted by Gasteiger charge is 2.23. The van der Waals surface area contributed by atoms with Gasteiger partial charge in [0.2, 0.25) is 0 Å². The summed E-state index contributed by atoms with van der Waals surface area (Å²) in [6, 6.07) is 19.7. The van der Waals surface area contributed by atoms with Crippen LogP contribution in [0, 0.1) is 11.3 Å². The van der Waals surface area contributed by atoms with Crippen LogP contribution in [0.2, 0.25) is 0 Å². The van der Waals surface area contributed by atoms with Gasteiger partial charge in [-0.25, -0.2) is 9.97 Å². The van der Waals surface area contributed by atoms with Crippen LogP contribution in [0.25, 0.3) is 0 Å². The number of nitrogens with one attached hydrogen (secondary N) is 1. The zero-order valence-electron chi connectivity index (χ0n) is 16.5. The van der Waals surface area contributed by atoms with Gasteiger partial charge in [-0.05, 0) is 17.7 Å². The number of nitriles is 1. The van der Waals surface area contributed by atoms with E-state index in [9.17, 15) is 10.1 Å². The van der Waals surface area contributed by atoms with Crippen LogP contribution in [0.15, 0.2) is 67.0 Å². The first-order chi connectivity index (χ1) is 14.7. The van der Waals surface area contributed by atoms with Crippen LogP contribution in [-0.4, -0.2) is 51.9 Å². The number of benzene rings is 2. The first kappa shape index (κ1) is 19.6. The van der Waals surface area contributed by atoms with Gasteiger partial charge in [-0.2, -0.15) is 5.26 Å². The van der Waals surface area contributed by atoms with E-state index in [1.165, 1.54) is 18.0 Å². The maximum absolute atomic E-state index is 12.8. The molecule has 1 amide bonds. The van der Waals surface area contributed by atoms with Crippen LogP contribution >= 0.6 is 0 Å². The molecular formula is C23H22N6O. The average molecular weight is 398 g/mol. The predicted octanol–water partition coefficient (Wildman–Crippen LogP) is 3.05. The number of piperazine rings is 1. The Labute approximate surface area is 175 Å². The van der Waals surface area contributed by atoms with E-state index < -0.39 is 0 Å². The monoisotopic (exact) mass is 398 g/mol. The summed E-state index contributed by atoms with van der Waals surface area (Å²) in [4.78, 5) is 25.5. The lowest BCUT2D eigenvalue weighted by Crippen LogP contribution is -2.48. The van der Waals surface area contributed by atoms with Crippen LogP contribution in [-0.2, 0) is 6.54 Å². The minimum Gasteiger partial charge on any atom is -0.338 e. The number of anilines is 2. The third kappa shape index (κ3) is 4.62. The summed E-state index contributed by atoms with van der Waals surface area (Å²) >= 11 is 0. The lowest BCUT2D eigenvalue weighted by atomic mass is 10.2. The lowest BCUT2D eigenvalue weighted by molar-refractivity contribution is 0.0622. The molecule has 2 aromatic carbocycles. The van der Waals surface area contributed by atoms with Gasteiger partial charge in [0.1, 0.15) is 17.6 Å². The molecule has 0 bridgehead atoms. The lowest BCUT2D eigenvalue weighted by Gasteiger charge is -2.34. The smallest absolute Gasteiger partial charge is 0.274 e. The number of aromatic nitrogens is 2. The zero-order valence-corrected chi connectivity index (χ0v) is 16.5. The molecule has 0 atom stereocenters. The highest BCUT2D eigenvalue weighted by molar-refractivity contribution is 5.92. The molecule has 1 aliphatic heterocycles. The van der Waals surface area contributed by atoms with Gasteiger partial charge in [-0.3, -0.25) is 9.69 Å². The van der Waals surface area contributed by atoms with Gasteiger partial charge in [0.15, 0.2) is 0 Å². The minimum absolute atomic E-state index is 0.106. The van der Waals surface area contributed by atoms with Crippen molar-refractivity contribution in [2.45, 2.75) is 6.54 Å². The summed E-state index contributed by atoms with van der Waals surface area (Å²) in [5, 5.41) is 12.2. The van der Waals surface area contributed by atoms with E-state index in [2.05, 4.69) is 38.4 Å². The minimum atomic E-state index is -0.106. The van der Waals surface area contributed by atoms with Crippen LogP contribution in [0.1, 0.15) is 21.6 Å². The number of hydrogen-bond acceptors (Lipinski definition) is 6. The van der Waals surface area contributed by atoms with Crippen LogP contribution in [0.4, 0.5) is 11.5 Å². The molecule has 7 heteroatoms. The molecule has 3 aromatic rings. The summed E-state index contributed by atoms with van der Waals surface area (Å²) < 4.78 is 0. The second kappa shape index (κ2) is 9.16.